The van der Waals surface area contributed by atoms with Gasteiger partial charge in [-0.15, -0.1) is 0 Å². The van der Waals surface area contributed by atoms with Gasteiger partial charge in [0.25, 0.3) is 0 Å². The Labute approximate surface area is 111 Å². The van der Waals surface area contributed by atoms with Crippen molar-refractivity contribution in [3.05, 3.63) is 42.4 Å². The predicted octanol–water partition coefficient (Wildman–Crippen LogP) is 1.83. The van der Waals surface area contributed by atoms with Crippen LogP contribution in [0.5, 0.6) is 11.5 Å². The first-order valence-corrected chi connectivity index (χ1v) is 6.27. The van der Waals surface area contributed by atoms with Crippen LogP contribution >= 0.6 is 0 Å². The van der Waals surface area contributed by atoms with Crippen LogP contribution in [0.15, 0.2) is 36.5 Å². The molecule has 3 rings (SSSR count). The highest BCUT2D eigenvalue weighted by Gasteiger charge is 2.20. The second-order valence-electron chi connectivity index (χ2n) is 4.43. The van der Waals surface area contributed by atoms with E-state index in [0.29, 0.717) is 12.4 Å². The summed E-state index contributed by atoms with van der Waals surface area (Å²) in [5.74, 6) is 2.84. The van der Waals surface area contributed by atoms with Crippen molar-refractivity contribution in [3.63, 3.8) is 0 Å². The lowest BCUT2D eigenvalue weighted by Gasteiger charge is -2.26. The van der Waals surface area contributed by atoms with E-state index in [-0.39, 0.29) is 6.10 Å². The Morgan fingerprint density at radius 1 is 1.21 bits per heavy atom. The fourth-order valence-electron chi connectivity index (χ4n) is 2.03. The Kier molecular flexibility index (Phi) is 3.18. The number of nitrogen functional groups attached to an aromatic ring is 1. The molecule has 0 radical (unpaired) electrons. The number of nitrogens with two attached hydrogens (primary N) is 1. The van der Waals surface area contributed by atoms with Gasteiger partial charge in [0, 0.05) is 12.6 Å². The highest BCUT2D eigenvalue weighted by atomic mass is 16.6. The summed E-state index contributed by atoms with van der Waals surface area (Å²) in [6, 6.07) is 9.37. The van der Waals surface area contributed by atoms with E-state index in [9.17, 15) is 0 Å². The minimum atomic E-state index is 0.0277. The molecule has 98 valence electrons. The summed E-state index contributed by atoms with van der Waals surface area (Å²) in [7, 11) is 0. The van der Waals surface area contributed by atoms with Gasteiger partial charge >= 0.3 is 0 Å². The van der Waals surface area contributed by atoms with E-state index in [4.69, 9.17) is 15.2 Å². The van der Waals surface area contributed by atoms with Gasteiger partial charge in [0.15, 0.2) is 11.5 Å². The van der Waals surface area contributed by atoms with Crippen molar-refractivity contribution in [2.24, 2.45) is 0 Å². The fourth-order valence-corrected chi connectivity index (χ4v) is 2.03. The Morgan fingerprint density at radius 3 is 2.89 bits per heavy atom. The van der Waals surface area contributed by atoms with Crippen molar-refractivity contribution < 1.29 is 9.47 Å². The van der Waals surface area contributed by atoms with Crippen LogP contribution in [-0.2, 0) is 6.42 Å². The second-order valence-corrected chi connectivity index (χ2v) is 4.43. The van der Waals surface area contributed by atoms with E-state index < -0.39 is 0 Å². The average molecular weight is 257 g/mol. The van der Waals surface area contributed by atoms with Crippen molar-refractivity contribution in [2.75, 3.05) is 12.3 Å². The van der Waals surface area contributed by atoms with Crippen molar-refractivity contribution in [3.8, 4) is 11.5 Å². The summed E-state index contributed by atoms with van der Waals surface area (Å²) in [6.07, 6.45) is 3.23. The number of rotatable bonds is 3. The van der Waals surface area contributed by atoms with E-state index in [1.165, 1.54) is 0 Å². The summed E-state index contributed by atoms with van der Waals surface area (Å²) in [4.78, 5) is 8.35. The summed E-state index contributed by atoms with van der Waals surface area (Å²) in [5, 5.41) is 0. The molecule has 1 aromatic heterocycles. The SMILES string of the molecule is Nc1ccnc(CC[C@H]2COc3ccccc3O2)n1. The number of hydrogen-bond donors (Lipinski definition) is 1. The molecule has 0 saturated heterocycles. The quantitative estimate of drug-likeness (QED) is 0.908. The van der Waals surface area contributed by atoms with Crippen LogP contribution in [0.2, 0.25) is 0 Å². The van der Waals surface area contributed by atoms with E-state index in [2.05, 4.69) is 9.97 Å². The Morgan fingerprint density at radius 2 is 2.05 bits per heavy atom. The van der Waals surface area contributed by atoms with E-state index in [0.717, 1.165) is 30.2 Å². The normalized spacial score (nSPS) is 17.2. The van der Waals surface area contributed by atoms with Crippen LogP contribution in [-0.4, -0.2) is 22.7 Å². The van der Waals surface area contributed by atoms with Gasteiger partial charge in [-0.2, -0.15) is 0 Å². The molecule has 19 heavy (non-hydrogen) atoms. The highest BCUT2D eigenvalue weighted by molar-refractivity contribution is 5.40. The molecule has 5 nitrogen and oxygen atoms in total. The van der Waals surface area contributed by atoms with Gasteiger partial charge in [0.05, 0.1) is 0 Å². The first-order chi connectivity index (χ1) is 9.31. The number of para-hydroxylation sites is 2. The minimum absolute atomic E-state index is 0.0277. The van der Waals surface area contributed by atoms with Gasteiger partial charge in [0.1, 0.15) is 24.4 Å². The van der Waals surface area contributed by atoms with Crippen LogP contribution in [0.1, 0.15) is 12.2 Å². The zero-order chi connectivity index (χ0) is 13.1. The molecule has 0 saturated carbocycles. The smallest absolute Gasteiger partial charge is 0.161 e. The number of aromatic nitrogens is 2. The maximum Gasteiger partial charge on any atom is 0.161 e. The van der Waals surface area contributed by atoms with Gasteiger partial charge in [-0.1, -0.05) is 12.1 Å². The third-order valence-corrected chi connectivity index (χ3v) is 2.98. The molecule has 1 aliphatic rings. The van der Waals surface area contributed by atoms with Gasteiger partial charge in [-0.25, -0.2) is 9.97 Å². The van der Waals surface area contributed by atoms with Gasteiger partial charge in [-0.3, -0.25) is 0 Å². The van der Waals surface area contributed by atoms with Crippen LogP contribution < -0.4 is 15.2 Å². The molecule has 5 heteroatoms. The molecule has 0 amide bonds. The molecule has 1 aliphatic heterocycles. The Bertz CT molecular complexity index is 574. The van der Waals surface area contributed by atoms with Crippen LogP contribution in [0.4, 0.5) is 5.82 Å². The predicted molar refractivity (Wildman–Crippen MR) is 71.1 cm³/mol. The molecule has 1 atom stereocenters. The van der Waals surface area contributed by atoms with E-state index >= 15 is 0 Å². The third kappa shape index (κ3) is 2.76. The maximum atomic E-state index is 5.87. The topological polar surface area (TPSA) is 70.3 Å². The van der Waals surface area contributed by atoms with Gasteiger partial charge in [0.2, 0.25) is 0 Å². The average Bonchev–Trinajstić information content (AvgIpc) is 2.45. The first kappa shape index (κ1) is 11.8. The van der Waals surface area contributed by atoms with Crippen molar-refractivity contribution in [1.29, 1.82) is 0 Å². The van der Waals surface area contributed by atoms with Gasteiger partial charge < -0.3 is 15.2 Å². The van der Waals surface area contributed by atoms with Crippen LogP contribution in [0.3, 0.4) is 0 Å². The number of fused-ring (bicyclic) bond motifs is 1. The molecule has 0 aliphatic carbocycles. The number of benzene rings is 1. The number of aryl methyl sites for hydroxylation is 1. The first-order valence-electron chi connectivity index (χ1n) is 6.27. The van der Waals surface area contributed by atoms with Crippen LogP contribution in [0.25, 0.3) is 0 Å². The zero-order valence-corrected chi connectivity index (χ0v) is 10.5. The molecule has 0 fully saturated rings. The standard InChI is InChI=1S/C14H15N3O2/c15-13-7-8-16-14(17-13)6-5-10-9-18-11-3-1-2-4-12(11)19-10/h1-4,7-8,10H,5-6,9H2,(H2,15,16,17)/t10-/m0/s1. The molecule has 2 aromatic rings. The number of hydrogen-bond acceptors (Lipinski definition) is 5. The van der Waals surface area contributed by atoms with Crippen molar-refractivity contribution >= 4 is 5.82 Å². The van der Waals surface area contributed by atoms with E-state index in [1.54, 1.807) is 12.3 Å². The summed E-state index contributed by atoms with van der Waals surface area (Å²) < 4.78 is 11.5. The lowest BCUT2D eigenvalue weighted by atomic mass is 10.1. The molecular formula is C14H15N3O2. The second kappa shape index (κ2) is 5.14. The molecule has 1 aromatic carbocycles. The minimum Gasteiger partial charge on any atom is -0.486 e. The van der Waals surface area contributed by atoms with E-state index in [1.807, 2.05) is 24.3 Å². The number of ether oxygens (including phenoxy) is 2. The van der Waals surface area contributed by atoms with Crippen LogP contribution in [0, 0.1) is 0 Å². The Hall–Kier alpha value is -2.30. The number of anilines is 1. The summed E-state index contributed by atoms with van der Waals surface area (Å²) >= 11 is 0. The molecule has 0 spiro atoms. The zero-order valence-electron chi connectivity index (χ0n) is 10.5. The highest BCUT2D eigenvalue weighted by Crippen LogP contribution is 2.31. The maximum absolute atomic E-state index is 5.87. The van der Waals surface area contributed by atoms with Crippen molar-refractivity contribution in [1.82, 2.24) is 9.97 Å². The third-order valence-electron chi connectivity index (χ3n) is 2.98. The molecule has 0 bridgehead atoms. The lowest BCUT2D eigenvalue weighted by molar-refractivity contribution is 0.0847. The monoisotopic (exact) mass is 257 g/mol. The molecule has 2 heterocycles. The fraction of sp³-hybridized carbons (Fsp3) is 0.286. The Balaban J connectivity index is 1.61. The summed E-state index contributed by atoms with van der Waals surface area (Å²) in [5.41, 5.74) is 5.62. The molecule has 0 unspecified atom stereocenters. The summed E-state index contributed by atoms with van der Waals surface area (Å²) in [6.45, 7) is 0.555. The van der Waals surface area contributed by atoms with Crippen molar-refractivity contribution in [2.45, 2.75) is 18.9 Å². The number of nitrogens with zero attached hydrogens (tertiary/aromatic N) is 2. The largest absolute Gasteiger partial charge is 0.486 e. The van der Waals surface area contributed by atoms with Gasteiger partial charge in [-0.05, 0) is 24.6 Å². The molecular weight excluding hydrogens is 242 g/mol. The molecule has 2 N–H and O–H groups in total. The lowest BCUT2D eigenvalue weighted by Crippen LogP contribution is -2.29.